The standard InChI is InChI=1S/C8H11BrN2O/c1-5-7(9)10-4-6(11-5)8(2,3)12/h4,12H,1-3H3. The summed E-state index contributed by atoms with van der Waals surface area (Å²) in [7, 11) is 0. The second kappa shape index (κ2) is 3.11. The Hall–Kier alpha value is -0.480. The first kappa shape index (κ1) is 9.61. The van der Waals surface area contributed by atoms with E-state index in [0.717, 1.165) is 10.3 Å². The molecule has 1 rings (SSSR count). The first-order valence-electron chi connectivity index (χ1n) is 3.63. The maximum absolute atomic E-state index is 9.59. The van der Waals surface area contributed by atoms with Gasteiger partial charge in [0.15, 0.2) is 0 Å². The zero-order chi connectivity index (χ0) is 9.35. The molecule has 0 atom stereocenters. The molecule has 1 heterocycles. The number of rotatable bonds is 1. The Morgan fingerprint density at radius 2 is 2.08 bits per heavy atom. The quantitative estimate of drug-likeness (QED) is 0.801. The molecule has 0 aromatic carbocycles. The van der Waals surface area contributed by atoms with Crippen molar-refractivity contribution in [2.45, 2.75) is 26.4 Å². The highest BCUT2D eigenvalue weighted by molar-refractivity contribution is 9.10. The van der Waals surface area contributed by atoms with Crippen LogP contribution in [0.3, 0.4) is 0 Å². The van der Waals surface area contributed by atoms with Crippen molar-refractivity contribution in [3.05, 3.63) is 22.2 Å². The van der Waals surface area contributed by atoms with Crippen LogP contribution in [0.4, 0.5) is 0 Å². The third-order valence-electron chi connectivity index (χ3n) is 1.51. The summed E-state index contributed by atoms with van der Waals surface area (Å²) >= 11 is 3.24. The lowest BCUT2D eigenvalue weighted by Crippen LogP contribution is -2.18. The van der Waals surface area contributed by atoms with Gasteiger partial charge in [-0.15, -0.1) is 0 Å². The van der Waals surface area contributed by atoms with Gasteiger partial charge in [-0.2, -0.15) is 0 Å². The molecule has 0 amide bonds. The van der Waals surface area contributed by atoms with Gasteiger partial charge >= 0.3 is 0 Å². The van der Waals surface area contributed by atoms with Gasteiger partial charge in [-0.1, -0.05) is 0 Å². The van der Waals surface area contributed by atoms with Gasteiger partial charge in [-0.3, -0.25) is 4.98 Å². The molecular weight excluding hydrogens is 220 g/mol. The molecule has 0 aliphatic heterocycles. The van der Waals surface area contributed by atoms with Crippen molar-refractivity contribution >= 4 is 15.9 Å². The summed E-state index contributed by atoms with van der Waals surface area (Å²) in [5.41, 5.74) is 0.455. The van der Waals surface area contributed by atoms with Crippen LogP contribution in [0.1, 0.15) is 25.2 Å². The SMILES string of the molecule is Cc1nc(C(C)(C)O)cnc1Br. The Balaban J connectivity index is 3.14. The van der Waals surface area contributed by atoms with Crippen molar-refractivity contribution < 1.29 is 5.11 Å². The smallest absolute Gasteiger partial charge is 0.127 e. The Kier molecular flexibility index (Phi) is 2.49. The van der Waals surface area contributed by atoms with Gasteiger partial charge in [-0.25, -0.2) is 4.98 Å². The second-order valence-corrected chi connectivity index (χ2v) is 3.94. The van der Waals surface area contributed by atoms with Crippen LogP contribution in [-0.4, -0.2) is 15.1 Å². The average molecular weight is 231 g/mol. The van der Waals surface area contributed by atoms with Crippen LogP contribution in [0.25, 0.3) is 0 Å². The summed E-state index contributed by atoms with van der Waals surface area (Å²) in [6.07, 6.45) is 1.57. The van der Waals surface area contributed by atoms with Gasteiger partial charge in [0.1, 0.15) is 10.2 Å². The van der Waals surface area contributed by atoms with E-state index in [4.69, 9.17) is 0 Å². The van der Waals surface area contributed by atoms with Gasteiger partial charge in [-0.05, 0) is 36.7 Å². The molecule has 0 aliphatic carbocycles. The molecule has 0 saturated heterocycles. The minimum Gasteiger partial charge on any atom is -0.384 e. The van der Waals surface area contributed by atoms with Crippen LogP contribution < -0.4 is 0 Å². The molecule has 1 aromatic heterocycles. The van der Waals surface area contributed by atoms with Crippen molar-refractivity contribution in [3.8, 4) is 0 Å². The van der Waals surface area contributed by atoms with Gasteiger partial charge in [0.25, 0.3) is 0 Å². The van der Waals surface area contributed by atoms with Crippen molar-refractivity contribution in [2.75, 3.05) is 0 Å². The average Bonchev–Trinajstić information content (AvgIpc) is 1.92. The molecule has 0 bridgehead atoms. The summed E-state index contributed by atoms with van der Waals surface area (Å²) in [4.78, 5) is 8.22. The third kappa shape index (κ3) is 2.01. The van der Waals surface area contributed by atoms with E-state index < -0.39 is 5.60 Å². The van der Waals surface area contributed by atoms with Gasteiger partial charge in [0, 0.05) is 0 Å². The van der Waals surface area contributed by atoms with E-state index in [9.17, 15) is 5.11 Å². The van der Waals surface area contributed by atoms with Crippen molar-refractivity contribution in [2.24, 2.45) is 0 Å². The lowest BCUT2D eigenvalue weighted by atomic mass is 10.1. The van der Waals surface area contributed by atoms with Crippen LogP contribution >= 0.6 is 15.9 Å². The number of aryl methyl sites for hydroxylation is 1. The minimum atomic E-state index is -0.918. The molecule has 1 aromatic rings. The van der Waals surface area contributed by atoms with Crippen LogP contribution in [0, 0.1) is 6.92 Å². The molecule has 0 radical (unpaired) electrons. The highest BCUT2D eigenvalue weighted by Crippen LogP contribution is 2.18. The molecule has 0 spiro atoms. The first-order chi connectivity index (χ1) is 5.41. The van der Waals surface area contributed by atoms with E-state index in [2.05, 4.69) is 25.9 Å². The number of aromatic nitrogens is 2. The number of aliphatic hydroxyl groups is 1. The molecule has 0 saturated carbocycles. The number of nitrogens with zero attached hydrogens (tertiary/aromatic N) is 2. The number of hydrogen-bond donors (Lipinski definition) is 1. The summed E-state index contributed by atoms with van der Waals surface area (Å²) in [6, 6.07) is 0. The Labute approximate surface area is 80.0 Å². The first-order valence-corrected chi connectivity index (χ1v) is 4.42. The van der Waals surface area contributed by atoms with Gasteiger partial charge < -0.3 is 5.11 Å². The second-order valence-electron chi connectivity index (χ2n) is 3.19. The number of hydrogen-bond acceptors (Lipinski definition) is 3. The molecule has 4 heteroatoms. The van der Waals surface area contributed by atoms with Gasteiger partial charge in [0.05, 0.1) is 17.6 Å². The van der Waals surface area contributed by atoms with Crippen LogP contribution in [0.15, 0.2) is 10.8 Å². The molecular formula is C8H11BrN2O. The van der Waals surface area contributed by atoms with E-state index >= 15 is 0 Å². The lowest BCUT2D eigenvalue weighted by Gasteiger charge is -2.16. The largest absolute Gasteiger partial charge is 0.384 e. The molecule has 0 aliphatic rings. The maximum Gasteiger partial charge on any atom is 0.127 e. The predicted molar refractivity (Wildman–Crippen MR) is 49.7 cm³/mol. The Bertz CT molecular complexity index is 294. The van der Waals surface area contributed by atoms with E-state index in [1.54, 1.807) is 20.0 Å². The van der Waals surface area contributed by atoms with Crippen LogP contribution in [-0.2, 0) is 5.60 Å². The van der Waals surface area contributed by atoms with E-state index in [1.165, 1.54) is 0 Å². The summed E-state index contributed by atoms with van der Waals surface area (Å²) in [5.74, 6) is 0. The minimum absolute atomic E-state index is 0.586. The summed E-state index contributed by atoms with van der Waals surface area (Å²) in [5, 5.41) is 9.59. The topological polar surface area (TPSA) is 46.0 Å². The number of halogens is 1. The fourth-order valence-corrected chi connectivity index (χ4v) is 0.953. The third-order valence-corrected chi connectivity index (χ3v) is 2.29. The zero-order valence-corrected chi connectivity index (χ0v) is 8.88. The highest BCUT2D eigenvalue weighted by Gasteiger charge is 2.18. The monoisotopic (exact) mass is 230 g/mol. The normalized spacial score (nSPS) is 11.8. The lowest BCUT2D eigenvalue weighted by molar-refractivity contribution is 0.0732. The van der Waals surface area contributed by atoms with Crippen molar-refractivity contribution in [1.29, 1.82) is 0 Å². The van der Waals surface area contributed by atoms with Crippen molar-refractivity contribution in [1.82, 2.24) is 9.97 Å². The summed E-state index contributed by atoms with van der Waals surface area (Å²) in [6.45, 7) is 5.21. The molecule has 3 nitrogen and oxygen atoms in total. The zero-order valence-electron chi connectivity index (χ0n) is 7.30. The fourth-order valence-electron chi connectivity index (χ4n) is 0.762. The fraction of sp³-hybridized carbons (Fsp3) is 0.500. The molecule has 66 valence electrons. The van der Waals surface area contributed by atoms with E-state index in [-0.39, 0.29) is 0 Å². The molecule has 0 fully saturated rings. The Morgan fingerprint density at radius 3 is 2.50 bits per heavy atom. The maximum atomic E-state index is 9.59. The molecule has 0 unspecified atom stereocenters. The molecule has 12 heavy (non-hydrogen) atoms. The summed E-state index contributed by atoms with van der Waals surface area (Å²) < 4.78 is 0.718. The highest BCUT2D eigenvalue weighted by atomic mass is 79.9. The molecule has 1 N–H and O–H groups in total. The van der Waals surface area contributed by atoms with E-state index in [0.29, 0.717) is 5.69 Å². The Morgan fingerprint density at radius 1 is 1.50 bits per heavy atom. The van der Waals surface area contributed by atoms with Crippen LogP contribution in [0.2, 0.25) is 0 Å². The predicted octanol–water partition coefficient (Wildman–Crippen LogP) is 1.77. The van der Waals surface area contributed by atoms with E-state index in [1.807, 2.05) is 6.92 Å². The van der Waals surface area contributed by atoms with Crippen LogP contribution in [0.5, 0.6) is 0 Å². The van der Waals surface area contributed by atoms with Gasteiger partial charge in [0.2, 0.25) is 0 Å². The van der Waals surface area contributed by atoms with Crippen molar-refractivity contribution in [3.63, 3.8) is 0 Å².